The molecule has 2 aromatic rings. The second-order valence-corrected chi connectivity index (χ2v) is 15.1. The quantitative estimate of drug-likeness (QED) is 0.418. The third kappa shape index (κ3) is 4.96. The van der Waals surface area contributed by atoms with Crippen LogP contribution in [0, 0.1) is 28.5 Å². The number of likely N-dealkylation sites (tertiary alicyclic amines) is 3. The molecular weight excluding hydrogens is 623 g/mol. The molecule has 5 heterocycles. The Morgan fingerprint density at radius 1 is 1.13 bits per heavy atom. The molecule has 1 aromatic heterocycles. The van der Waals surface area contributed by atoms with Crippen molar-refractivity contribution in [1.29, 1.82) is 5.26 Å². The van der Waals surface area contributed by atoms with E-state index in [1.165, 1.54) is 13.2 Å². The lowest BCUT2D eigenvalue weighted by Crippen LogP contribution is -2.78. The van der Waals surface area contributed by atoms with E-state index in [0.29, 0.717) is 48.4 Å². The number of methoxy groups -OCH3 is 1. The summed E-state index contributed by atoms with van der Waals surface area (Å²) < 4.78 is 55.5. The van der Waals surface area contributed by atoms with E-state index in [9.17, 15) is 18.1 Å². The number of carbonyl (C=O) groups excluding carboxylic acids is 1. The fourth-order valence-corrected chi connectivity index (χ4v) is 9.89. The minimum atomic E-state index is -4.63. The van der Waals surface area contributed by atoms with Crippen LogP contribution in [0.2, 0.25) is 0 Å². The Bertz CT molecular complexity index is 1790. The predicted octanol–water partition coefficient (Wildman–Crippen LogP) is 2.77. The van der Waals surface area contributed by atoms with Crippen LogP contribution in [0.4, 0.5) is 4.39 Å². The van der Waals surface area contributed by atoms with Crippen LogP contribution >= 0.6 is 0 Å². The summed E-state index contributed by atoms with van der Waals surface area (Å²) in [6.07, 6.45) is 8.13. The Morgan fingerprint density at radius 3 is 2.53 bits per heavy atom. The molecule has 4 fully saturated rings. The summed E-state index contributed by atoms with van der Waals surface area (Å²) in [5.74, 6) is -1.38. The Kier molecular flexibility index (Phi) is 7.90. The molecule has 0 bridgehead atoms. The van der Waals surface area contributed by atoms with Gasteiger partial charge >= 0.3 is 0 Å². The van der Waals surface area contributed by atoms with Crippen LogP contribution in [-0.4, -0.2) is 110 Å². The summed E-state index contributed by atoms with van der Waals surface area (Å²) >= 11 is 0. The van der Waals surface area contributed by atoms with Crippen LogP contribution in [0.3, 0.4) is 0 Å². The number of hydrogen-bond donors (Lipinski definition) is 0. The van der Waals surface area contributed by atoms with E-state index in [0.717, 1.165) is 61.7 Å². The highest BCUT2D eigenvalue weighted by molar-refractivity contribution is 7.89. The number of hydrogen-bond acceptors (Lipinski definition) is 10. The van der Waals surface area contributed by atoms with Gasteiger partial charge in [0.15, 0.2) is 5.03 Å². The second kappa shape index (κ2) is 11.7. The molecule has 1 aromatic carbocycles. The number of nitrogens with zero attached hydrogens (tertiary/aromatic N) is 6. The van der Waals surface area contributed by atoms with Crippen molar-refractivity contribution in [2.24, 2.45) is 11.3 Å². The molecule has 0 N–H and O–H groups in total. The summed E-state index contributed by atoms with van der Waals surface area (Å²) in [4.78, 5) is 26.2. The number of halogens is 1. The van der Waals surface area contributed by atoms with E-state index in [1.807, 2.05) is 6.92 Å². The highest BCUT2D eigenvalue weighted by atomic mass is 32.2. The smallest absolute Gasteiger partial charge is 0.284 e. The van der Waals surface area contributed by atoms with Crippen molar-refractivity contribution in [2.75, 3.05) is 60.0 Å². The van der Waals surface area contributed by atoms with E-state index >= 15 is 4.79 Å². The molecule has 47 heavy (non-hydrogen) atoms. The van der Waals surface area contributed by atoms with Gasteiger partial charge in [-0.2, -0.15) is 13.7 Å². The zero-order valence-electron chi connectivity index (χ0n) is 26.8. The normalized spacial score (nSPS) is 27.9. The zero-order chi connectivity index (χ0) is 33.1. The standard InChI is InChI=1S/C34H39FN6O5S/c1-4-46-30-8-6-26(45-3)17-28(30)34(40-21-33(22-40)19-39(20-33)25-10-13-38(2)14-11-25)27-15-23(18-36)5-7-29(27)41(32(34)42)47(43,44)31-16-24(35)9-12-37-31/h5-9,12,15-17,25,27,29H,4,10-11,13-14,19-22H2,1-3H3. The van der Waals surface area contributed by atoms with Gasteiger partial charge in [0.05, 0.1) is 25.8 Å². The fraction of sp³-hybridized carbons (Fsp3) is 0.500. The van der Waals surface area contributed by atoms with E-state index in [-0.39, 0.29) is 5.41 Å². The number of allylic oxidation sites excluding steroid dienone is 2. The first kappa shape index (κ1) is 31.8. The lowest BCUT2D eigenvalue weighted by molar-refractivity contribution is -0.181. The molecular formula is C34H39FN6O5S. The van der Waals surface area contributed by atoms with E-state index in [1.54, 1.807) is 30.4 Å². The second-order valence-electron chi connectivity index (χ2n) is 13.4. The molecule has 0 radical (unpaired) electrons. The molecule has 1 amide bonds. The van der Waals surface area contributed by atoms with Crippen molar-refractivity contribution in [3.05, 3.63) is 71.7 Å². The number of carbonyl (C=O) groups is 1. The number of sulfonamides is 1. The number of piperidine rings is 1. The number of aromatic nitrogens is 1. The number of rotatable bonds is 8. The average Bonchev–Trinajstić information content (AvgIpc) is 3.29. The molecule has 11 nitrogen and oxygen atoms in total. The topological polar surface area (TPSA) is 119 Å². The van der Waals surface area contributed by atoms with E-state index in [4.69, 9.17) is 9.47 Å². The fourth-order valence-electron chi connectivity index (χ4n) is 8.35. The average molecular weight is 663 g/mol. The van der Waals surface area contributed by atoms with Gasteiger partial charge in [-0.1, -0.05) is 12.2 Å². The lowest BCUT2D eigenvalue weighted by atomic mass is 9.65. The summed E-state index contributed by atoms with van der Waals surface area (Å²) in [6, 6.07) is 8.81. The molecule has 3 unspecified atom stereocenters. The van der Waals surface area contributed by atoms with Crippen LogP contribution in [0.1, 0.15) is 25.3 Å². The van der Waals surface area contributed by atoms with Crippen molar-refractivity contribution in [2.45, 2.75) is 42.4 Å². The van der Waals surface area contributed by atoms with Crippen molar-refractivity contribution >= 4 is 15.9 Å². The van der Waals surface area contributed by atoms with Crippen molar-refractivity contribution in [3.8, 4) is 17.6 Å². The molecule has 0 saturated carbocycles. The zero-order valence-corrected chi connectivity index (χ0v) is 27.6. The summed E-state index contributed by atoms with van der Waals surface area (Å²) in [5.41, 5.74) is -0.830. The monoisotopic (exact) mass is 662 g/mol. The van der Waals surface area contributed by atoms with Gasteiger partial charge in [-0.3, -0.25) is 14.6 Å². The molecule has 7 rings (SSSR count). The predicted molar refractivity (Wildman–Crippen MR) is 170 cm³/mol. The first-order valence-corrected chi connectivity index (χ1v) is 17.5. The van der Waals surface area contributed by atoms with Crippen LogP contribution in [0.25, 0.3) is 0 Å². The van der Waals surface area contributed by atoms with E-state index in [2.05, 4.69) is 32.8 Å². The van der Waals surface area contributed by atoms with Gasteiger partial charge < -0.3 is 14.4 Å². The number of fused-ring (bicyclic) bond motifs is 1. The van der Waals surface area contributed by atoms with Gasteiger partial charge in [0, 0.05) is 67.0 Å². The molecule has 1 spiro atoms. The maximum absolute atomic E-state index is 15.3. The minimum Gasteiger partial charge on any atom is -0.497 e. The van der Waals surface area contributed by atoms with Gasteiger partial charge in [-0.25, -0.2) is 13.7 Å². The van der Waals surface area contributed by atoms with Gasteiger partial charge in [0.2, 0.25) is 0 Å². The number of nitriles is 1. The van der Waals surface area contributed by atoms with Crippen molar-refractivity contribution in [3.63, 3.8) is 0 Å². The highest BCUT2D eigenvalue weighted by Gasteiger charge is 2.70. The molecule has 248 valence electrons. The molecule has 13 heteroatoms. The molecule has 4 saturated heterocycles. The molecule has 5 aliphatic rings. The Balaban J connectivity index is 1.34. The van der Waals surface area contributed by atoms with Crippen LogP contribution in [0.15, 0.2) is 65.4 Å². The Morgan fingerprint density at radius 2 is 1.87 bits per heavy atom. The number of pyridine rings is 1. The van der Waals surface area contributed by atoms with E-state index < -0.39 is 44.3 Å². The molecule has 3 atom stereocenters. The Hall–Kier alpha value is -3.83. The van der Waals surface area contributed by atoms with Crippen LogP contribution in [0.5, 0.6) is 11.5 Å². The number of benzene rings is 1. The summed E-state index contributed by atoms with van der Waals surface area (Å²) in [6.45, 7) is 7.21. The first-order valence-electron chi connectivity index (χ1n) is 16.1. The van der Waals surface area contributed by atoms with Gasteiger partial charge in [-0.05, 0) is 70.2 Å². The summed E-state index contributed by atoms with van der Waals surface area (Å²) in [7, 11) is -0.954. The maximum atomic E-state index is 15.3. The summed E-state index contributed by atoms with van der Waals surface area (Å²) in [5, 5.41) is 9.41. The SMILES string of the molecule is CCOc1ccc(OC)cc1C1(N2CC3(CN(C4CCN(C)CC4)C3)C2)C(=O)N(S(=O)(=O)c2cc(F)ccn2)C2C=CC(C#N)=CC21. The first-order chi connectivity index (χ1) is 22.6. The highest BCUT2D eigenvalue weighted by Crippen LogP contribution is 2.58. The third-order valence-electron chi connectivity index (χ3n) is 10.6. The van der Waals surface area contributed by atoms with Gasteiger partial charge in [0.25, 0.3) is 15.9 Å². The van der Waals surface area contributed by atoms with Crippen molar-refractivity contribution in [1.82, 2.24) is 24.0 Å². The number of ether oxygens (including phenoxy) is 2. The Labute approximate surface area is 274 Å². The number of amides is 1. The molecule has 4 aliphatic heterocycles. The van der Waals surface area contributed by atoms with Gasteiger partial charge in [0.1, 0.15) is 22.9 Å². The lowest BCUT2D eigenvalue weighted by Gasteiger charge is -2.66. The molecule has 1 aliphatic carbocycles. The largest absolute Gasteiger partial charge is 0.497 e. The van der Waals surface area contributed by atoms with Crippen LogP contribution < -0.4 is 9.47 Å². The minimum absolute atomic E-state index is 0.0422. The van der Waals surface area contributed by atoms with Gasteiger partial charge in [-0.15, -0.1) is 0 Å². The van der Waals surface area contributed by atoms with Crippen molar-refractivity contribution < 1.29 is 27.1 Å². The third-order valence-corrected chi connectivity index (χ3v) is 12.2. The maximum Gasteiger partial charge on any atom is 0.284 e. The van der Waals surface area contributed by atoms with Crippen LogP contribution in [-0.2, 0) is 20.4 Å².